The van der Waals surface area contributed by atoms with E-state index in [4.69, 9.17) is 9.11 Å². The van der Waals surface area contributed by atoms with E-state index in [-0.39, 0.29) is 17.1 Å². The number of hydrogen-bond acceptors (Lipinski definition) is 3. The van der Waals surface area contributed by atoms with Gasteiger partial charge in [0, 0.05) is 6.54 Å². The van der Waals surface area contributed by atoms with Crippen LogP contribution in [0.25, 0.3) is 0 Å². The van der Waals surface area contributed by atoms with Crippen LogP contribution >= 0.6 is 0 Å². The fourth-order valence-electron chi connectivity index (χ4n) is 1.18. The topological polar surface area (TPSA) is 94.9 Å². The Balaban J connectivity index is 3.22. The third-order valence-corrected chi connectivity index (χ3v) is 3.57. The van der Waals surface area contributed by atoms with E-state index < -0.39 is 21.4 Å². The van der Waals surface area contributed by atoms with Crippen molar-refractivity contribution in [3.05, 3.63) is 24.3 Å². The van der Waals surface area contributed by atoms with Crippen LogP contribution in [0.4, 0.5) is 5.69 Å². The van der Waals surface area contributed by atoms with E-state index >= 15 is 0 Å². The second-order valence-electron chi connectivity index (χ2n) is 2.90. The highest BCUT2D eigenvalue weighted by Crippen LogP contribution is 2.19. The Bertz CT molecular complexity index is 499. The van der Waals surface area contributed by atoms with Crippen molar-refractivity contribution in [1.29, 1.82) is 0 Å². The molecule has 0 spiro atoms. The molecule has 1 rings (SSSR count). The van der Waals surface area contributed by atoms with Crippen molar-refractivity contribution in [3.63, 3.8) is 0 Å². The van der Waals surface area contributed by atoms with E-state index in [1.165, 1.54) is 18.2 Å². The molecular weight excluding hydrogens is 254 g/mol. The summed E-state index contributed by atoms with van der Waals surface area (Å²) in [6, 6.07) is 5.19. The summed E-state index contributed by atoms with van der Waals surface area (Å²) in [5, 5.41) is 0. The third kappa shape index (κ3) is 3.01. The van der Waals surface area contributed by atoms with Crippen LogP contribution in [0.15, 0.2) is 29.2 Å². The molecule has 0 aliphatic rings. The first-order valence-corrected chi connectivity index (χ1v) is 6.82. The number of nitrogens with zero attached hydrogens (tertiary/aromatic N) is 1. The molecule has 0 heterocycles. The zero-order valence-corrected chi connectivity index (χ0v) is 10.0. The van der Waals surface area contributed by atoms with Crippen molar-refractivity contribution in [2.75, 3.05) is 10.8 Å². The molecule has 0 aromatic heterocycles. The Kier molecular flexibility index (Phi) is 4.03. The number of hydrogen-bond donors (Lipinski definition) is 2. The Labute approximate surface area is 96.1 Å². The van der Waals surface area contributed by atoms with Gasteiger partial charge >= 0.3 is 0 Å². The molecule has 0 saturated carbocycles. The van der Waals surface area contributed by atoms with Gasteiger partial charge in [0.2, 0.25) is 0 Å². The lowest BCUT2D eigenvalue weighted by molar-refractivity contribution is 0.483. The van der Waals surface area contributed by atoms with Gasteiger partial charge < -0.3 is 0 Å². The quantitative estimate of drug-likeness (QED) is 0.623. The van der Waals surface area contributed by atoms with E-state index in [0.717, 1.165) is 10.4 Å². The lowest BCUT2D eigenvalue weighted by Gasteiger charge is -2.17. The van der Waals surface area contributed by atoms with Gasteiger partial charge in [-0.1, -0.05) is 6.07 Å². The van der Waals surface area contributed by atoms with Crippen LogP contribution in [0.3, 0.4) is 0 Å². The SMILES string of the molecule is CCN(c1cccc(S(=O)(=O)O)c1)S(=O)O. The molecule has 0 saturated heterocycles. The summed E-state index contributed by atoms with van der Waals surface area (Å²) < 4.78 is 51.5. The molecule has 0 bridgehead atoms. The summed E-state index contributed by atoms with van der Waals surface area (Å²) in [6.07, 6.45) is 0. The maximum absolute atomic E-state index is 10.9. The van der Waals surface area contributed by atoms with Crippen molar-refractivity contribution < 1.29 is 21.7 Å². The maximum Gasteiger partial charge on any atom is 0.294 e. The van der Waals surface area contributed by atoms with Crippen LogP contribution in [0, 0.1) is 0 Å². The molecule has 90 valence electrons. The van der Waals surface area contributed by atoms with Gasteiger partial charge in [0.15, 0.2) is 0 Å². The van der Waals surface area contributed by atoms with Gasteiger partial charge in [0.05, 0.1) is 10.6 Å². The highest BCUT2D eigenvalue weighted by Gasteiger charge is 2.14. The minimum absolute atomic E-state index is 0.234. The van der Waals surface area contributed by atoms with E-state index in [2.05, 4.69) is 0 Å². The number of benzene rings is 1. The van der Waals surface area contributed by atoms with Gasteiger partial charge in [-0.3, -0.25) is 13.4 Å². The molecular formula is C8H11NO5S2. The Morgan fingerprint density at radius 1 is 1.44 bits per heavy atom. The fourth-order valence-corrected chi connectivity index (χ4v) is 2.22. The third-order valence-electron chi connectivity index (χ3n) is 1.88. The lowest BCUT2D eigenvalue weighted by Crippen LogP contribution is -2.24. The van der Waals surface area contributed by atoms with Gasteiger partial charge in [-0.15, -0.1) is 0 Å². The molecule has 16 heavy (non-hydrogen) atoms. The average molecular weight is 265 g/mol. The maximum atomic E-state index is 10.9. The lowest BCUT2D eigenvalue weighted by atomic mass is 10.3. The van der Waals surface area contributed by atoms with Crippen molar-refractivity contribution in [1.82, 2.24) is 0 Å². The molecule has 1 aromatic rings. The highest BCUT2D eigenvalue weighted by atomic mass is 32.2. The highest BCUT2D eigenvalue weighted by molar-refractivity contribution is 7.85. The van der Waals surface area contributed by atoms with Gasteiger partial charge in [-0.05, 0) is 25.1 Å². The molecule has 0 fully saturated rings. The van der Waals surface area contributed by atoms with Gasteiger partial charge in [0.25, 0.3) is 21.4 Å². The minimum Gasteiger partial charge on any atom is -0.289 e. The predicted octanol–water partition coefficient (Wildman–Crippen LogP) is 0.896. The molecule has 1 atom stereocenters. The zero-order valence-electron chi connectivity index (χ0n) is 8.40. The normalized spacial score (nSPS) is 13.4. The minimum atomic E-state index is -4.30. The monoisotopic (exact) mass is 265 g/mol. The van der Waals surface area contributed by atoms with Crippen LogP contribution in [-0.2, 0) is 21.4 Å². The first-order valence-electron chi connectivity index (χ1n) is 4.32. The number of anilines is 1. The van der Waals surface area contributed by atoms with Crippen molar-refractivity contribution in [3.8, 4) is 0 Å². The molecule has 1 aromatic carbocycles. The summed E-state index contributed by atoms with van der Waals surface area (Å²) in [5.74, 6) is 0. The summed E-state index contributed by atoms with van der Waals surface area (Å²) in [4.78, 5) is -0.311. The fraction of sp³-hybridized carbons (Fsp3) is 0.250. The van der Waals surface area contributed by atoms with Gasteiger partial charge in [0.1, 0.15) is 0 Å². The van der Waals surface area contributed by atoms with Crippen molar-refractivity contribution >= 4 is 27.1 Å². The summed E-state index contributed by atoms with van der Waals surface area (Å²) in [7, 11) is -4.30. The van der Waals surface area contributed by atoms with Gasteiger partial charge in [-0.25, -0.2) is 4.21 Å². The average Bonchev–Trinajstić information content (AvgIpc) is 2.17. The van der Waals surface area contributed by atoms with E-state index in [1.54, 1.807) is 6.92 Å². The van der Waals surface area contributed by atoms with Crippen LogP contribution in [0.5, 0.6) is 0 Å². The Morgan fingerprint density at radius 2 is 2.06 bits per heavy atom. The first kappa shape index (κ1) is 13.1. The summed E-state index contributed by atoms with van der Waals surface area (Å²) >= 11 is -2.23. The van der Waals surface area contributed by atoms with Crippen LogP contribution in [0.1, 0.15) is 6.92 Å². The Morgan fingerprint density at radius 3 is 2.50 bits per heavy atom. The molecule has 0 aliphatic heterocycles. The largest absolute Gasteiger partial charge is 0.294 e. The molecule has 2 N–H and O–H groups in total. The zero-order chi connectivity index (χ0) is 12.3. The molecule has 0 amide bonds. The standard InChI is InChI=1S/C8H11NO5S2/c1-2-9(15(10)11)7-4-3-5-8(6-7)16(12,13)14/h3-6H,2H2,1H3,(H,10,11)(H,12,13,14). The smallest absolute Gasteiger partial charge is 0.289 e. The summed E-state index contributed by atoms with van der Waals surface area (Å²) in [5.41, 5.74) is 0.249. The Hall–Kier alpha value is -0.960. The second-order valence-corrected chi connectivity index (χ2v) is 5.22. The summed E-state index contributed by atoms with van der Waals surface area (Å²) in [6.45, 7) is 1.88. The molecule has 0 aliphatic carbocycles. The van der Waals surface area contributed by atoms with Crippen LogP contribution in [0.2, 0.25) is 0 Å². The van der Waals surface area contributed by atoms with Crippen molar-refractivity contribution in [2.24, 2.45) is 0 Å². The van der Waals surface area contributed by atoms with Gasteiger partial charge in [-0.2, -0.15) is 8.42 Å². The van der Waals surface area contributed by atoms with E-state index in [0.29, 0.717) is 0 Å². The number of rotatable bonds is 4. The van der Waals surface area contributed by atoms with Crippen LogP contribution < -0.4 is 4.31 Å². The predicted molar refractivity (Wildman–Crippen MR) is 60.0 cm³/mol. The molecule has 6 nitrogen and oxygen atoms in total. The van der Waals surface area contributed by atoms with E-state index in [1.807, 2.05) is 0 Å². The van der Waals surface area contributed by atoms with Crippen LogP contribution in [-0.4, -0.2) is 28.3 Å². The first-order chi connectivity index (χ1) is 7.36. The molecule has 0 radical (unpaired) electrons. The second kappa shape index (κ2) is 4.91. The molecule has 8 heteroatoms. The van der Waals surface area contributed by atoms with E-state index in [9.17, 15) is 12.6 Å². The van der Waals surface area contributed by atoms with Crippen molar-refractivity contribution in [2.45, 2.75) is 11.8 Å². The molecule has 1 unspecified atom stereocenters.